The van der Waals surface area contributed by atoms with Crippen LogP contribution in [0.5, 0.6) is 0 Å². The van der Waals surface area contributed by atoms with Crippen molar-refractivity contribution in [3.8, 4) is 0 Å². The first-order valence-corrected chi connectivity index (χ1v) is 6.64. The van der Waals surface area contributed by atoms with Crippen LogP contribution < -0.4 is 0 Å². The van der Waals surface area contributed by atoms with Crippen LogP contribution in [-0.2, 0) is 10.1 Å². The van der Waals surface area contributed by atoms with Crippen LogP contribution in [0.2, 0.25) is 0 Å². The second-order valence-electron chi connectivity index (χ2n) is 4.04. The Morgan fingerprint density at radius 3 is 2.28 bits per heavy atom. The summed E-state index contributed by atoms with van der Waals surface area (Å²) in [5, 5.41) is 19.5. The lowest BCUT2D eigenvalue weighted by molar-refractivity contribution is 0.152. The fourth-order valence-corrected chi connectivity index (χ4v) is 2.67. The van der Waals surface area contributed by atoms with E-state index in [1.54, 1.807) is 30.3 Å². The molecule has 5 nitrogen and oxygen atoms in total. The van der Waals surface area contributed by atoms with Crippen molar-refractivity contribution < 1.29 is 23.2 Å². The molecule has 6 heteroatoms. The van der Waals surface area contributed by atoms with Crippen LogP contribution in [0.1, 0.15) is 12.0 Å². The van der Waals surface area contributed by atoms with Crippen molar-refractivity contribution >= 4 is 15.7 Å². The van der Waals surface area contributed by atoms with E-state index in [4.69, 9.17) is 0 Å². The zero-order valence-corrected chi connectivity index (χ0v) is 10.1. The Hall–Kier alpha value is -1.63. The zero-order valence-electron chi connectivity index (χ0n) is 9.31. The molecule has 96 valence electrons. The molecule has 0 aromatic heterocycles. The number of allylic oxidation sites excluding steroid dienone is 2. The number of aliphatic hydroxyl groups is 2. The van der Waals surface area contributed by atoms with Crippen molar-refractivity contribution in [3.05, 3.63) is 53.8 Å². The molecule has 1 atom stereocenters. The molecule has 3 N–H and O–H groups in total. The quantitative estimate of drug-likeness (QED) is 0.706. The van der Waals surface area contributed by atoms with Crippen LogP contribution >= 0.6 is 0 Å². The third-order valence-corrected chi connectivity index (χ3v) is 4.01. The van der Waals surface area contributed by atoms with E-state index in [0.717, 1.165) is 0 Å². The largest absolute Gasteiger partial charge is 0.512 e. The Balaban J connectivity index is 2.62. The molecule has 1 aliphatic carbocycles. The van der Waals surface area contributed by atoms with E-state index < -0.39 is 21.5 Å². The maximum atomic E-state index is 11.4. The highest BCUT2D eigenvalue weighted by molar-refractivity contribution is 7.87. The molecular formula is C12H12O5S. The summed E-state index contributed by atoms with van der Waals surface area (Å²) in [6.07, 6.45) is 2.00. The summed E-state index contributed by atoms with van der Waals surface area (Å²) in [7, 11) is -4.77. The minimum atomic E-state index is -4.77. The summed E-state index contributed by atoms with van der Waals surface area (Å²) in [4.78, 5) is -2.52. The van der Waals surface area contributed by atoms with Crippen LogP contribution in [0.15, 0.2) is 48.2 Å². The molecule has 0 radical (unpaired) electrons. The van der Waals surface area contributed by atoms with Gasteiger partial charge < -0.3 is 10.2 Å². The van der Waals surface area contributed by atoms with Crippen molar-refractivity contribution in [2.45, 2.75) is 11.4 Å². The molecule has 1 aromatic carbocycles. The van der Waals surface area contributed by atoms with Crippen LogP contribution in [0.4, 0.5) is 0 Å². The van der Waals surface area contributed by atoms with E-state index >= 15 is 0 Å². The summed E-state index contributed by atoms with van der Waals surface area (Å²) in [5.41, 5.74) is 0.491. The summed E-state index contributed by atoms with van der Waals surface area (Å²) in [6.45, 7) is 0. The van der Waals surface area contributed by atoms with E-state index in [-0.39, 0.29) is 11.3 Å². The van der Waals surface area contributed by atoms with E-state index in [1.807, 2.05) is 0 Å². The molecule has 18 heavy (non-hydrogen) atoms. The van der Waals surface area contributed by atoms with Crippen LogP contribution in [0.25, 0.3) is 5.57 Å². The molecule has 0 heterocycles. The average molecular weight is 268 g/mol. The molecular weight excluding hydrogens is 256 g/mol. The van der Waals surface area contributed by atoms with Gasteiger partial charge in [0, 0.05) is 5.57 Å². The molecule has 0 amide bonds. The van der Waals surface area contributed by atoms with Gasteiger partial charge in [0.25, 0.3) is 10.1 Å². The van der Waals surface area contributed by atoms with Gasteiger partial charge in [0.2, 0.25) is 4.93 Å². The molecule has 0 aliphatic heterocycles. The average Bonchev–Trinajstić information content (AvgIpc) is 2.28. The monoisotopic (exact) mass is 268 g/mol. The Morgan fingerprint density at radius 2 is 1.72 bits per heavy atom. The molecule has 0 saturated carbocycles. The first kappa shape index (κ1) is 12.8. The van der Waals surface area contributed by atoms with Gasteiger partial charge in [0.15, 0.2) is 0 Å². The first-order chi connectivity index (χ1) is 8.34. The second kappa shape index (κ2) is 4.24. The summed E-state index contributed by atoms with van der Waals surface area (Å²) in [5.74, 6) is -0.310. The number of benzene rings is 1. The lowest BCUT2D eigenvalue weighted by atomic mass is 9.93. The van der Waals surface area contributed by atoms with E-state index in [1.165, 1.54) is 12.2 Å². The number of hydrogen-bond acceptors (Lipinski definition) is 4. The molecule has 0 spiro atoms. The fourth-order valence-electron chi connectivity index (χ4n) is 1.88. The summed E-state index contributed by atoms with van der Waals surface area (Å²) >= 11 is 0. The maximum absolute atomic E-state index is 11.4. The predicted molar refractivity (Wildman–Crippen MR) is 66.2 cm³/mol. The molecule has 2 rings (SSSR count). The van der Waals surface area contributed by atoms with Crippen LogP contribution in [-0.4, -0.2) is 28.1 Å². The molecule has 1 aliphatic rings. The molecule has 1 aromatic rings. The minimum absolute atomic E-state index is 0.0309. The molecule has 0 bridgehead atoms. The van der Waals surface area contributed by atoms with Crippen LogP contribution in [0, 0.1) is 0 Å². The van der Waals surface area contributed by atoms with Gasteiger partial charge in [-0.15, -0.1) is 0 Å². The van der Waals surface area contributed by atoms with Crippen molar-refractivity contribution in [1.29, 1.82) is 0 Å². The van der Waals surface area contributed by atoms with Gasteiger partial charge in [0.1, 0.15) is 0 Å². The van der Waals surface area contributed by atoms with E-state index in [9.17, 15) is 23.2 Å². The van der Waals surface area contributed by atoms with Crippen LogP contribution in [0.3, 0.4) is 0 Å². The highest BCUT2D eigenvalue weighted by Gasteiger charge is 2.47. The van der Waals surface area contributed by atoms with Gasteiger partial charge >= 0.3 is 0 Å². The molecule has 0 saturated heterocycles. The van der Waals surface area contributed by atoms with Crippen molar-refractivity contribution in [2.75, 3.05) is 0 Å². The van der Waals surface area contributed by atoms with E-state index in [2.05, 4.69) is 0 Å². The Kier molecular flexibility index (Phi) is 3.02. The van der Waals surface area contributed by atoms with Crippen molar-refractivity contribution in [2.24, 2.45) is 0 Å². The highest BCUT2D eigenvalue weighted by Crippen LogP contribution is 2.38. The maximum Gasteiger partial charge on any atom is 0.300 e. The number of aliphatic hydroxyl groups excluding tert-OH is 1. The first-order valence-electron chi connectivity index (χ1n) is 5.20. The normalized spacial score (nSPS) is 24.3. The minimum Gasteiger partial charge on any atom is -0.512 e. The number of rotatable bonds is 2. The SMILES string of the molecule is O=S(=O)(O)C1(O)CC(O)=CC=C1c1ccccc1. The molecule has 1 unspecified atom stereocenters. The van der Waals surface area contributed by atoms with Crippen molar-refractivity contribution in [3.63, 3.8) is 0 Å². The standard InChI is InChI=1S/C12H12O5S/c13-10-6-7-11(9-4-2-1-3-5-9)12(14,8-10)18(15,16)17/h1-7,13-14H,8H2,(H,15,16,17). The van der Waals surface area contributed by atoms with E-state index in [0.29, 0.717) is 5.56 Å². The van der Waals surface area contributed by atoms with Gasteiger partial charge in [-0.05, 0) is 11.6 Å². The third kappa shape index (κ3) is 2.05. The topological polar surface area (TPSA) is 94.8 Å². The van der Waals surface area contributed by atoms with Gasteiger partial charge in [-0.25, -0.2) is 0 Å². The fraction of sp³-hybridized carbons (Fsp3) is 0.167. The van der Waals surface area contributed by atoms with Gasteiger partial charge in [0.05, 0.1) is 12.2 Å². The Labute approximate surface area is 104 Å². The third-order valence-electron chi connectivity index (χ3n) is 2.80. The Bertz CT molecular complexity index is 615. The summed E-state index contributed by atoms with van der Waals surface area (Å²) < 4.78 is 31.9. The lowest BCUT2D eigenvalue weighted by Crippen LogP contribution is -2.41. The molecule has 0 fully saturated rings. The predicted octanol–water partition coefficient (Wildman–Crippen LogP) is 1.49. The van der Waals surface area contributed by atoms with Gasteiger partial charge in [-0.2, -0.15) is 8.42 Å². The Morgan fingerprint density at radius 1 is 1.11 bits per heavy atom. The second-order valence-corrected chi connectivity index (χ2v) is 5.67. The van der Waals surface area contributed by atoms with Crippen molar-refractivity contribution in [1.82, 2.24) is 0 Å². The highest BCUT2D eigenvalue weighted by atomic mass is 32.2. The van der Waals surface area contributed by atoms with Gasteiger partial charge in [-0.3, -0.25) is 4.55 Å². The van der Waals surface area contributed by atoms with Gasteiger partial charge in [-0.1, -0.05) is 36.4 Å². The lowest BCUT2D eigenvalue weighted by Gasteiger charge is -2.29. The zero-order chi connectivity index (χ0) is 13.4. The number of hydrogen-bond donors (Lipinski definition) is 3. The smallest absolute Gasteiger partial charge is 0.300 e. The summed E-state index contributed by atoms with van der Waals surface area (Å²) in [6, 6.07) is 8.32.